The van der Waals surface area contributed by atoms with Crippen LogP contribution >= 0.6 is 24.0 Å². The maximum Gasteiger partial charge on any atom is 0.214 e. The molecule has 0 bridgehead atoms. The van der Waals surface area contributed by atoms with Crippen LogP contribution in [-0.2, 0) is 0 Å². The van der Waals surface area contributed by atoms with Gasteiger partial charge in [0.1, 0.15) is 0 Å². The molecule has 0 aliphatic heterocycles. The lowest BCUT2D eigenvalue weighted by atomic mass is 10.3. The molecule has 0 unspecified atom stereocenters. The summed E-state index contributed by atoms with van der Waals surface area (Å²) in [6.45, 7) is 5.72. The normalized spacial score (nSPS) is 10.6. The molecule has 0 aliphatic carbocycles. The van der Waals surface area contributed by atoms with Crippen LogP contribution < -0.4 is 11.2 Å². The third-order valence-electron chi connectivity index (χ3n) is 2.25. The largest absolute Gasteiger partial charge is 0.368 e. The molecular weight excluding hydrogens is 259 g/mol. The third kappa shape index (κ3) is 4.71. The maximum absolute atomic E-state index is 5.97. The van der Waals surface area contributed by atoms with Gasteiger partial charge in [0.05, 0.1) is 10.7 Å². The summed E-state index contributed by atoms with van der Waals surface area (Å²) in [5, 5.41) is 4.71. The molecule has 0 spiro atoms. The van der Waals surface area contributed by atoms with Gasteiger partial charge in [-0.05, 0) is 26.0 Å². The van der Waals surface area contributed by atoms with E-state index in [4.69, 9.17) is 17.3 Å². The Morgan fingerprint density at radius 2 is 1.94 bits per heavy atom. The Morgan fingerprint density at radius 3 is 2.47 bits per heavy atom. The highest BCUT2D eigenvalue weighted by atomic mass is 35.5. The Kier molecular flexibility index (Phi) is 7.50. The van der Waals surface area contributed by atoms with Crippen LogP contribution in [0.5, 0.6) is 0 Å². The van der Waals surface area contributed by atoms with E-state index in [0.29, 0.717) is 11.0 Å². The van der Waals surface area contributed by atoms with Gasteiger partial charge >= 0.3 is 0 Å². The van der Waals surface area contributed by atoms with Crippen molar-refractivity contribution in [2.75, 3.05) is 18.5 Å². The van der Waals surface area contributed by atoms with E-state index in [1.54, 1.807) is 6.07 Å². The maximum atomic E-state index is 5.97. The van der Waals surface area contributed by atoms with Gasteiger partial charge in [0, 0.05) is 13.1 Å². The highest BCUT2D eigenvalue weighted by Crippen LogP contribution is 2.20. The van der Waals surface area contributed by atoms with Crippen molar-refractivity contribution in [3.8, 4) is 0 Å². The zero-order chi connectivity index (χ0) is 12.0. The lowest BCUT2D eigenvalue weighted by Crippen LogP contribution is -2.37. The summed E-state index contributed by atoms with van der Waals surface area (Å²) in [5.74, 6) is 0.463. The average Bonchev–Trinajstić information content (AvgIpc) is 2.29. The van der Waals surface area contributed by atoms with Crippen LogP contribution in [0.4, 0.5) is 5.69 Å². The smallest absolute Gasteiger partial charge is 0.214 e. The summed E-state index contributed by atoms with van der Waals surface area (Å²) in [6, 6.07) is 7.40. The highest BCUT2D eigenvalue weighted by Gasteiger charge is 2.02. The zero-order valence-electron chi connectivity index (χ0n) is 9.98. The van der Waals surface area contributed by atoms with Crippen molar-refractivity contribution in [2.45, 2.75) is 13.8 Å². The van der Waals surface area contributed by atoms with Crippen molar-refractivity contribution >= 4 is 35.7 Å². The monoisotopic (exact) mass is 276 g/mol. The summed E-state index contributed by atoms with van der Waals surface area (Å²) in [4.78, 5) is 1.95. The Labute approximate surface area is 113 Å². The van der Waals surface area contributed by atoms with E-state index in [1.807, 2.05) is 36.9 Å². The van der Waals surface area contributed by atoms with E-state index in [9.17, 15) is 0 Å². The zero-order valence-corrected chi connectivity index (χ0v) is 11.6. The summed E-state index contributed by atoms with van der Waals surface area (Å²) in [5.41, 5.74) is 9.41. The quantitative estimate of drug-likeness (QED) is 0.505. The molecular formula is C11H18Cl2N4. The van der Waals surface area contributed by atoms with E-state index in [2.05, 4.69) is 10.5 Å². The number of guanidine groups is 1. The van der Waals surface area contributed by atoms with Gasteiger partial charge in [-0.15, -0.1) is 17.5 Å². The number of nitrogens with zero attached hydrogens (tertiary/aromatic N) is 2. The first-order chi connectivity index (χ1) is 7.69. The van der Waals surface area contributed by atoms with Crippen LogP contribution in [0.1, 0.15) is 13.8 Å². The van der Waals surface area contributed by atoms with Crippen LogP contribution in [0, 0.1) is 0 Å². The summed E-state index contributed by atoms with van der Waals surface area (Å²) >= 11 is 5.97. The number of halogens is 2. The number of rotatable bonds is 4. The molecule has 96 valence electrons. The minimum absolute atomic E-state index is 0. The van der Waals surface area contributed by atoms with Gasteiger partial charge in [0.25, 0.3) is 0 Å². The highest BCUT2D eigenvalue weighted by molar-refractivity contribution is 6.33. The fourth-order valence-electron chi connectivity index (χ4n) is 1.29. The minimum atomic E-state index is 0. The number of hydrogen-bond donors (Lipinski definition) is 2. The molecule has 4 nitrogen and oxygen atoms in total. The second kappa shape index (κ2) is 8.03. The molecule has 0 fully saturated rings. The van der Waals surface area contributed by atoms with Crippen molar-refractivity contribution in [2.24, 2.45) is 10.8 Å². The van der Waals surface area contributed by atoms with Crippen molar-refractivity contribution in [3.63, 3.8) is 0 Å². The molecule has 0 radical (unpaired) electrons. The minimum Gasteiger partial charge on any atom is -0.368 e. The van der Waals surface area contributed by atoms with E-state index in [-0.39, 0.29) is 12.4 Å². The molecule has 0 aromatic heterocycles. The van der Waals surface area contributed by atoms with Crippen LogP contribution in [0.15, 0.2) is 29.4 Å². The van der Waals surface area contributed by atoms with Gasteiger partial charge in [-0.2, -0.15) is 0 Å². The Bertz CT molecular complexity index is 364. The topological polar surface area (TPSA) is 53.6 Å². The fourth-order valence-corrected chi connectivity index (χ4v) is 1.47. The number of benzene rings is 1. The first-order valence-corrected chi connectivity index (χ1v) is 5.65. The van der Waals surface area contributed by atoms with Crippen molar-refractivity contribution in [3.05, 3.63) is 29.3 Å². The lowest BCUT2D eigenvalue weighted by Gasteiger charge is -2.19. The molecule has 0 atom stereocenters. The molecule has 0 saturated heterocycles. The van der Waals surface area contributed by atoms with E-state index >= 15 is 0 Å². The fraction of sp³-hybridized carbons (Fsp3) is 0.364. The van der Waals surface area contributed by atoms with E-state index < -0.39 is 0 Å². The number of nitrogens with one attached hydrogen (secondary N) is 1. The standard InChI is InChI=1S/C11H17ClN4.ClH/c1-3-16(4-2)11(13)15-14-10-8-6-5-7-9(10)12;/h5-8,14H,3-4H2,1-2H3,(H2,13,15);1H. The van der Waals surface area contributed by atoms with Gasteiger partial charge in [-0.25, -0.2) is 0 Å². The molecule has 3 N–H and O–H groups in total. The van der Waals surface area contributed by atoms with Gasteiger partial charge in [0.15, 0.2) is 0 Å². The average molecular weight is 277 g/mol. The van der Waals surface area contributed by atoms with Gasteiger partial charge in [0.2, 0.25) is 5.96 Å². The summed E-state index contributed by atoms with van der Waals surface area (Å²) < 4.78 is 0. The molecule has 1 rings (SSSR count). The second-order valence-corrected chi connectivity index (χ2v) is 3.64. The van der Waals surface area contributed by atoms with Crippen LogP contribution in [0.25, 0.3) is 0 Å². The SMILES string of the molecule is CCN(CC)C(N)=NNc1ccccc1Cl.Cl. The van der Waals surface area contributed by atoms with Crippen LogP contribution in [-0.4, -0.2) is 23.9 Å². The molecule has 0 amide bonds. The molecule has 1 aromatic carbocycles. The predicted octanol–water partition coefficient (Wildman–Crippen LogP) is 2.75. The van der Waals surface area contributed by atoms with Gasteiger partial charge < -0.3 is 10.6 Å². The number of nitrogens with two attached hydrogens (primary N) is 1. The Hall–Kier alpha value is -1.13. The second-order valence-electron chi connectivity index (χ2n) is 3.23. The van der Waals surface area contributed by atoms with E-state index in [0.717, 1.165) is 18.8 Å². The van der Waals surface area contributed by atoms with Crippen molar-refractivity contribution in [1.29, 1.82) is 0 Å². The van der Waals surface area contributed by atoms with Crippen LogP contribution in [0.3, 0.4) is 0 Å². The molecule has 1 aromatic rings. The van der Waals surface area contributed by atoms with Gasteiger partial charge in [-0.3, -0.25) is 5.43 Å². The van der Waals surface area contributed by atoms with Crippen molar-refractivity contribution < 1.29 is 0 Å². The van der Waals surface area contributed by atoms with Gasteiger partial charge in [-0.1, -0.05) is 23.7 Å². The predicted molar refractivity (Wildman–Crippen MR) is 76.9 cm³/mol. The Balaban J connectivity index is 0.00000256. The first-order valence-electron chi connectivity index (χ1n) is 5.27. The summed E-state index contributed by atoms with van der Waals surface area (Å²) in [7, 11) is 0. The first kappa shape index (κ1) is 15.9. The third-order valence-corrected chi connectivity index (χ3v) is 2.58. The molecule has 17 heavy (non-hydrogen) atoms. The number of para-hydroxylation sites is 1. The number of hydrazone groups is 1. The molecule has 0 aliphatic rings. The Morgan fingerprint density at radius 1 is 1.35 bits per heavy atom. The number of hydrogen-bond acceptors (Lipinski definition) is 2. The van der Waals surface area contributed by atoms with Crippen molar-refractivity contribution in [1.82, 2.24) is 4.90 Å². The lowest BCUT2D eigenvalue weighted by molar-refractivity contribution is 0.459. The van der Waals surface area contributed by atoms with Crippen LogP contribution in [0.2, 0.25) is 5.02 Å². The van der Waals surface area contributed by atoms with E-state index in [1.165, 1.54) is 0 Å². The molecule has 0 heterocycles. The molecule has 0 saturated carbocycles. The summed E-state index contributed by atoms with van der Waals surface area (Å²) in [6.07, 6.45) is 0. The molecule has 6 heteroatoms. The number of anilines is 1.